The lowest BCUT2D eigenvalue weighted by molar-refractivity contribution is 0.540. The molecule has 86 valence electrons. The summed E-state index contributed by atoms with van der Waals surface area (Å²) in [5.41, 5.74) is 0. The zero-order chi connectivity index (χ0) is 11.3. The minimum atomic E-state index is -3.31. The average molecular weight is 252 g/mol. The second-order valence-electron chi connectivity index (χ2n) is 3.06. The molecule has 15 heavy (non-hydrogen) atoms. The number of halogens is 1. The second kappa shape index (κ2) is 5.48. The van der Waals surface area contributed by atoms with Gasteiger partial charge in [-0.15, -0.1) is 11.6 Å². The van der Waals surface area contributed by atoms with Crippen molar-refractivity contribution in [3.8, 4) is 0 Å². The highest BCUT2D eigenvalue weighted by Crippen LogP contribution is 2.12. The maximum absolute atomic E-state index is 11.5. The fourth-order valence-corrected chi connectivity index (χ4v) is 2.82. The Morgan fingerprint density at radius 1 is 1.67 bits per heavy atom. The van der Waals surface area contributed by atoms with E-state index < -0.39 is 10.0 Å². The number of alkyl halides is 1. The van der Waals surface area contributed by atoms with Gasteiger partial charge in [0.25, 0.3) is 0 Å². The van der Waals surface area contributed by atoms with Gasteiger partial charge in [0.15, 0.2) is 0 Å². The maximum atomic E-state index is 11.5. The molecule has 0 amide bonds. The second-order valence-corrected chi connectivity index (χ2v) is 5.31. The quantitative estimate of drug-likeness (QED) is 0.742. The standard InChI is InChI=1S/C8H14ClN3O2S/c1-2-7(8-10-4-5-11-8)12-15(13,14)6-3-9/h4-5,7,12H,2-3,6H2,1H3,(H,10,11). The van der Waals surface area contributed by atoms with Crippen LogP contribution in [0.2, 0.25) is 0 Å². The molecular formula is C8H14ClN3O2S. The molecule has 1 atom stereocenters. The third-order valence-electron chi connectivity index (χ3n) is 1.93. The normalized spacial score (nSPS) is 14.0. The van der Waals surface area contributed by atoms with Crippen molar-refractivity contribution in [2.45, 2.75) is 19.4 Å². The van der Waals surface area contributed by atoms with Gasteiger partial charge in [-0.2, -0.15) is 0 Å². The van der Waals surface area contributed by atoms with Gasteiger partial charge in [-0.05, 0) is 6.42 Å². The number of rotatable bonds is 6. The monoisotopic (exact) mass is 251 g/mol. The molecule has 0 aliphatic carbocycles. The summed E-state index contributed by atoms with van der Waals surface area (Å²) < 4.78 is 25.5. The molecule has 7 heteroatoms. The van der Waals surface area contributed by atoms with Gasteiger partial charge in [0, 0.05) is 18.3 Å². The van der Waals surface area contributed by atoms with Gasteiger partial charge in [0.1, 0.15) is 5.82 Å². The molecular weight excluding hydrogens is 238 g/mol. The van der Waals surface area contributed by atoms with E-state index in [9.17, 15) is 8.42 Å². The number of nitrogens with zero attached hydrogens (tertiary/aromatic N) is 1. The molecule has 0 bridgehead atoms. The van der Waals surface area contributed by atoms with Crippen LogP contribution in [-0.4, -0.2) is 30.0 Å². The summed E-state index contributed by atoms with van der Waals surface area (Å²) in [6, 6.07) is -0.312. The van der Waals surface area contributed by atoms with Gasteiger partial charge in [0.2, 0.25) is 10.0 Å². The molecule has 1 aromatic rings. The van der Waals surface area contributed by atoms with Crippen LogP contribution in [-0.2, 0) is 10.0 Å². The molecule has 2 N–H and O–H groups in total. The van der Waals surface area contributed by atoms with E-state index in [0.717, 1.165) is 0 Å². The topological polar surface area (TPSA) is 74.8 Å². The zero-order valence-electron chi connectivity index (χ0n) is 8.40. The van der Waals surface area contributed by atoms with E-state index in [1.807, 2.05) is 6.92 Å². The van der Waals surface area contributed by atoms with Gasteiger partial charge in [-0.1, -0.05) is 6.92 Å². The summed E-state index contributed by atoms with van der Waals surface area (Å²) in [5, 5.41) is 0. The molecule has 0 saturated heterocycles. The van der Waals surface area contributed by atoms with Gasteiger partial charge in [0.05, 0.1) is 11.8 Å². The first-order valence-corrected chi connectivity index (χ1v) is 6.83. The first-order chi connectivity index (χ1) is 7.09. The van der Waals surface area contributed by atoms with Crippen molar-refractivity contribution in [3.63, 3.8) is 0 Å². The molecule has 1 unspecified atom stereocenters. The van der Waals surface area contributed by atoms with Gasteiger partial charge >= 0.3 is 0 Å². The summed E-state index contributed by atoms with van der Waals surface area (Å²) in [7, 11) is -3.31. The summed E-state index contributed by atoms with van der Waals surface area (Å²) >= 11 is 5.39. The van der Waals surface area contributed by atoms with Crippen molar-refractivity contribution in [2.75, 3.05) is 11.6 Å². The van der Waals surface area contributed by atoms with Crippen molar-refractivity contribution < 1.29 is 8.42 Å². The van der Waals surface area contributed by atoms with Crippen LogP contribution in [0.25, 0.3) is 0 Å². The molecule has 0 aliphatic heterocycles. The van der Waals surface area contributed by atoms with Crippen LogP contribution in [0.5, 0.6) is 0 Å². The van der Waals surface area contributed by atoms with Crippen LogP contribution < -0.4 is 4.72 Å². The molecule has 5 nitrogen and oxygen atoms in total. The Morgan fingerprint density at radius 2 is 2.40 bits per heavy atom. The molecule has 0 spiro atoms. The van der Waals surface area contributed by atoms with Crippen LogP contribution in [0.1, 0.15) is 25.2 Å². The van der Waals surface area contributed by atoms with Crippen molar-refractivity contribution in [2.24, 2.45) is 0 Å². The average Bonchev–Trinajstić information content (AvgIpc) is 2.67. The fraction of sp³-hybridized carbons (Fsp3) is 0.625. The number of hydrogen-bond donors (Lipinski definition) is 2. The van der Waals surface area contributed by atoms with Crippen molar-refractivity contribution in [3.05, 3.63) is 18.2 Å². The van der Waals surface area contributed by atoms with E-state index in [0.29, 0.717) is 12.2 Å². The molecule has 1 aromatic heterocycles. The Balaban J connectivity index is 2.70. The van der Waals surface area contributed by atoms with E-state index >= 15 is 0 Å². The summed E-state index contributed by atoms with van der Waals surface area (Å²) in [6.07, 6.45) is 3.89. The first-order valence-electron chi connectivity index (χ1n) is 4.64. The molecule has 0 fully saturated rings. The van der Waals surface area contributed by atoms with Crippen LogP contribution in [0.4, 0.5) is 0 Å². The van der Waals surface area contributed by atoms with E-state index in [-0.39, 0.29) is 17.7 Å². The van der Waals surface area contributed by atoms with Gasteiger partial charge in [-0.25, -0.2) is 18.1 Å². The lowest BCUT2D eigenvalue weighted by Gasteiger charge is -2.14. The third kappa shape index (κ3) is 3.81. The van der Waals surface area contributed by atoms with E-state index in [1.54, 1.807) is 12.4 Å². The third-order valence-corrected chi connectivity index (χ3v) is 3.72. The SMILES string of the molecule is CCC(NS(=O)(=O)CCCl)c1ncc[nH]1. The van der Waals surface area contributed by atoms with Gasteiger partial charge in [-0.3, -0.25) is 0 Å². The van der Waals surface area contributed by atoms with Crippen LogP contribution in [0.15, 0.2) is 12.4 Å². The highest BCUT2D eigenvalue weighted by atomic mass is 35.5. The van der Waals surface area contributed by atoms with E-state index in [2.05, 4.69) is 14.7 Å². The lowest BCUT2D eigenvalue weighted by Crippen LogP contribution is -2.31. The maximum Gasteiger partial charge on any atom is 0.213 e. The highest BCUT2D eigenvalue weighted by molar-refractivity contribution is 7.89. The number of nitrogens with one attached hydrogen (secondary N) is 2. The number of imidazole rings is 1. The van der Waals surface area contributed by atoms with Crippen molar-refractivity contribution in [1.29, 1.82) is 0 Å². The van der Waals surface area contributed by atoms with Crippen LogP contribution in [0, 0.1) is 0 Å². The van der Waals surface area contributed by atoms with Crippen LogP contribution >= 0.6 is 11.6 Å². The van der Waals surface area contributed by atoms with Gasteiger partial charge < -0.3 is 4.98 Å². The number of H-pyrrole nitrogens is 1. The van der Waals surface area contributed by atoms with Crippen molar-refractivity contribution >= 4 is 21.6 Å². The Hall–Kier alpha value is -0.590. The summed E-state index contributed by atoms with van der Waals surface area (Å²) in [4.78, 5) is 6.90. The number of sulfonamides is 1. The number of aromatic amines is 1. The number of aromatic nitrogens is 2. The Labute approximate surface area is 94.3 Å². The molecule has 0 aromatic carbocycles. The number of hydrogen-bond acceptors (Lipinski definition) is 3. The summed E-state index contributed by atoms with van der Waals surface area (Å²) in [5.74, 6) is 0.631. The first kappa shape index (κ1) is 12.5. The molecule has 1 rings (SSSR count). The smallest absolute Gasteiger partial charge is 0.213 e. The largest absolute Gasteiger partial charge is 0.347 e. The molecule has 0 saturated carbocycles. The minimum Gasteiger partial charge on any atom is -0.347 e. The van der Waals surface area contributed by atoms with E-state index in [4.69, 9.17) is 11.6 Å². The minimum absolute atomic E-state index is 0.0776. The Bertz CT molecular complexity index is 377. The van der Waals surface area contributed by atoms with Crippen molar-refractivity contribution in [1.82, 2.24) is 14.7 Å². The fourth-order valence-electron chi connectivity index (χ4n) is 1.18. The predicted molar refractivity (Wildman–Crippen MR) is 59.3 cm³/mol. The van der Waals surface area contributed by atoms with E-state index in [1.165, 1.54) is 0 Å². The van der Waals surface area contributed by atoms with Crippen LogP contribution in [0.3, 0.4) is 0 Å². The Kier molecular flexibility index (Phi) is 4.56. The molecule has 1 heterocycles. The predicted octanol–water partition coefficient (Wildman–Crippen LogP) is 1.02. The lowest BCUT2D eigenvalue weighted by atomic mass is 10.2. The Morgan fingerprint density at radius 3 is 2.87 bits per heavy atom. The molecule has 0 radical (unpaired) electrons. The summed E-state index contributed by atoms with van der Waals surface area (Å²) in [6.45, 7) is 1.89. The highest BCUT2D eigenvalue weighted by Gasteiger charge is 2.18. The zero-order valence-corrected chi connectivity index (χ0v) is 9.98. The molecule has 0 aliphatic rings.